The predicted molar refractivity (Wildman–Crippen MR) is 79.6 cm³/mol. The summed E-state index contributed by atoms with van der Waals surface area (Å²) in [6, 6.07) is 14.4. The highest BCUT2D eigenvalue weighted by atomic mass is 15.0. The number of nitriles is 1. The van der Waals surface area contributed by atoms with Crippen LogP contribution in [0.25, 0.3) is 0 Å². The van der Waals surface area contributed by atoms with Gasteiger partial charge in [-0.1, -0.05) is 24.3 Å². The summed E-state index contributed by atoms with van der Waals surface area (Å²) >= 11 is 0. The zero-order chi connectivity index (χ0) is 13.8. The fourth-order valence-electron chi connectivity index (χ4n) is 2.92. The molecule has 0 bridgehead atoms. The Labute approximate surface area is 119 Å². The third-order valence-electron chi connectivity index (χ3n) is 3.94. The van der Waals surface area contributed by atoms with E-state index in [0.717, 1.165) is 6.54 Å². The standard InChI is InChI=1S/C17H17N3/c18-11-14-8-4-10-19-17(14)20-12-15-7-3-6-13-5-1-2-9-16(13)15/h1-2,4-5,8-10,15H,3,6-7,12H2,(H,19,20). The van der Waals surface area contributed by atoms with Crippen molar-refractivity contribution in [3.05, 3.63) is 59.3 Å². The molecule has 0 aliphatic heterocycles. The fourth-order valence-corrected chi connectivity index (χ4v) is 2.92. The van der Waals surface area contributed by atoms with Gasteiger partial charge in [-0.3, -0.25) is 0 Å². The number of hydrogen-bond acceptors (Lipinski definition) is 3. The monoisotopic (exact) mass is 263 g/mol. The van der Waals surface area contributed by atoms with E-state index in [1.807, 2.05) is 0 Å². The molecule has 1 atom stereocenters. The van der Waals surface area contributed by atoms with Gasteiger partial charge in [0, 0.05) is 18.7 Å². The molecule has 1 aliphatic carbocycles. The Bertz CT molecular complexity index is 643. The van der Waals surface area contributed by atoms with E-state index < -0.39 is 0 Å². The number of benzene rings is 1. The van der Waals surface area contributed by atoms with Gasteiger partial charge >= 0.3 is 0 Å². The molecule has 100 valence electrons. The highest BCUT2D eigenvalue weighted by Crippen LogP contribution is 2.31. The molecule has 3 heteroatoms. The predicted octanol–water partition coefficient (Wildman–Crippen LogP) is 3.49. The van der Waals surface area contributed by atoms with Gasteiger partial charge in [-0.05, 0) is 42.5 Å². The lowest BCUT2D eigenvalue weighted by atomic mass is 9.83. The number of anilines is 1. The zero-order valence-corrected chi connectivity index (χ0v) is 11.3. The van der Waals surface area contributed by atoms with Crippen LogP contribution in [0, 0.1) is 11.3 Å². The van der Waals surface area contributed by atoms with Gasteiger partial charge in [0.1, 0.15) is 11.9 Å². The molecule has 2 aromatic rings. The summed E-state index contributed by atoms with van der Waals surface area (Å²) in [6.45, 7) is 0.836. The highest BCUT2D eigenvalue weighted by molar-refractivity contribution is 5.51. The van der Waals surface area contributed by atoms with Crippen LogP contribution in [-0.2, 0) is 6.42 Å². The molecule has 1 aromatic heterocycles. The minimum Gasteiger partial charge on any atom is -0.368 e. The number of nitrogens with one attached hydrogen (secondary N) is 1. The van der Waals surface area contributed by atoms with E-state index in [4.69, 9.17) is 5.26 Å². The van der Waals surface area contributed by atoms with Crippen LogP contribution in [0.5, 0.6) is 0 Å². The van der Waals surface area contributed by atoms with Gasteiger partial charge in [0.05, 0.1) is 5.56 Å². The Morgan fingerprint density at radius 2 is 2.15 bits per heavy atom. The molecule has 0 fully saturated rings. The number of aryl methyl sites for hydroxylation is 1. The van der Waals surface area contributed by atoms with Gasteiger partial charge in [0.25, 0.3) is 0 Å². The molecule has 1 aliphatic rings. The van der Waals surface area contributed by atoms with E-state index in [2.05, 4.69) is 40.6 Å². The molecule has 3 nitrogen and oxygen atoms in total. The number of pyridine rings is 1. The van der Waals surface area contributed by atoms with E-state index in [1.165, 1.54) is 30.4 Å². The number of aromatic nitrogens is 1. The first-order chi connectivity index (χ1) is 9.88. The quantitative estimate of drug-likeness (QED) is 0.922. The maximum atomic E-state index is 9.08. The molecular formula is C17H17N3. The van der Waals surface area contributed by atoms with Gasteiger partial charge in [-0.2, -0.15) is 5.26 Å². The lowest BCUT2D eigenvalue weighted by Crippen LogP contribution is -2.18. The Hall–Kier alpha value is -2.34. The molecule has 1 aromatic carbocycles. The SMILES string of the molecule is N#Cc1cccnc1NCC1CCCc2ccccc21. The molecule has 20 heavy (non-hydrogen) atoms. The Balaban J connectivity index is 1.75. The topological polar surface area (TPSA) is 48.7 Å². The van der Waals surface area contributed by atoms with Crippen molar-refractivity contribution in [3.8, 4) is 6.07 Å². The average Bonchev–Trinajstić information content (AvgIpc) is 2.53. The Kier molecular flexibility index (Phi) is 3.64. The van der Waals surface area contributed by atoms with Gasteiger partial charge in [0.15, 0.2) is 0 Å². The lowest BCUT2D eigenvalue weighted by molar-refractivity contribution is 0.571. The molecule has 0 radical (unpaired) electrons. The van der Waals surface area contributed by atoms with Gasteiger partial charge in [0.2, 0.25) is 0 Å². The number of fused-ring (bicyclic) bond motifs is 1. The van der Waals surface area contributed by atoms with Crippen molar-refractivity contribution in [1.29, 1.82) is 5.26 Å². The lowest BCUT2D eigenvalue weighted by Gasteiger charge is -2.26. The fraction of sp³-hybridized carbons (Fsp3) is 0.294. The summed E-state index contributed by atoms with van der Waals surface area (Å²) in [6.07, 6.45) is 5.33. The summed E-state index contributed by atoms with van der Waals surface area (Å²) < 4.78 is 0. The van der Waals surface area contributed by atoms with Crippen molar-refractivity contribution in [2.24, 2.45) is 0 Å². The smallest absolute Gasteiger partial charge is 0.143 e. The first kappa shape index (κ1) is 12.7. The maximum Gasteiger partial charge on any atom is 0.143 e. The van der Waals surface area contributed by atoms with Crippen LogP contribution in [0.1, 0.15) is 35.4 Å². The van der Waals surface area contributed by atoms with Gasteiger partial charge in [-0.15, -0.1) is 0 Å². The van der Waals surface area contributed by atoms with Gasteiger partial charge in [-0.25, -0.2) is 4.98 Å². The number of nitrogens with zero attached hydrogens (tertiary/aromatic N) is 2. The molecule has 1 N–H and O–H groups in total. The van der Waals surface area contributed by atoms with Crippen molar-refractivity contribution in [3.63, 3.8) is 0 Å². The van der Waals surface area contributed by atoms with E-state index >= 15 is 0 Å². The Morgan fingerprint density at radius 1 is 1.25 bits per heavy atom. The highest BCUT2D eigenvalue weighted by Gasteiger charge is 2.19. The van der Waals surface area contributed by atoms with Crippen molar-refractivity contribution in [1.82, 2.24) is 4.98 Å². The van der Waals surface area contributed by atoms with Crippen LogP contribution < -0.4 is 5.32 Å². The molecule has 0 saturated heterocycles. The van der Waals surface area contributed by atoms with Gasteiger partial charge < -0.3 is 5.32 Å². The summed E-state index contributed by atoms with van der Waals surface area (Å²) in [7, 11) is 0. The summed E-state index contributed by atoms with van der Waals surface area (Å²) in [5.74, 6) is 1.20. The molecule has 1 heterocycles. The van der Waals surface area contributed by atoms with E-state index in [-0.39, 0.29) is 0 Å². The van der Waals surface area contributed by atoms with Crippen LogP contribution in [0.3, 0.4) is 0 Å². The minimum atomic E-state index is 0.508. The molecule has 0 spiro atoms. The first-order valence-electron chi connectivity index (χ1n) is 7.05. The van der Waals surface area contributed by atoms with E-state index in [0.29, 0.717) is 17.3 Å². The molecule has 1 unspecified atom stereocenters. The number of hydrogen-bond donors (Lipinski definition) is 1. The minimum absolute atomic E-state index is 0.508. The summed E-state index contributed by atoms with van der Waals surface area (Å²) in [5, 5.41) is 12.4. The largest absolute Gasteiger partial charge is 0.368 e. The third kappa shape index (κ3) is 2.50. The summed E-state index contributed by atoms with van der Waals surface area (Å²) in [5.41, 5.74) is 3.52. The molecule has 0 amide bonds. The van der Waals surface area contributed by atoms with E-state index in [9.17, 15) is 0 Å². The molecule has 0 saturated carbocycles. The van der Waals surface area contributed by atoms with Crippen molar-refractivity contribution < 1.29 is 0 Å². The second kappa shape index (κ2) is 5.75. The Morgan fingerprint density at radius 3 is 3.05 bits per heavy atom. The maximum absolute atomic E-state index is 9.08. The van der Waals surface area contributed by atoms with Crippen molar-refractivity contribution >= 4 is 5.82 Å². The second-order valence-electron chi connectivity index (χ2n) is 5.18. The van der Waals surface area contributed by atoms with E-state index in [1.54, 1.807) is 18.3 Å². The zero-order valence-electron chi connectivity index (χ0n) is 11.3. The van der Waals surface area contributed by atoms with Crippen LogP contribution in [0.2, 0.25) is 0 Å². The molecule has 3 rings (SSSR count). The first-order valence-corrected chi connectivity index (χ1v) is 7.05. The van der Waals surface area contributed by atoms with Crippen molar-refractivity contribution in [2.75, 3.05) is 11.9 Å². The van der Waals surface area contributed by atoms with Crippen LogP contribution >= 0.6 is 0 Å². The summed E-state index contributed by atoms with van der Waals surface area (Å²) in [4.78, 5) is 4.26. The van der Waals surface area contributed by atoms with Crippen LogP contribution in [0.4, 0.5) is 5.82 Å². The molecular weight excluding hydrogens is 246 g/mol. The normalized spacial score (nSPS) is 17.1. The van der Waals surface area contributed by atoms with Crippen molar-refractivity contribution in [2.45, 2.75) is 25.2 Å². The third-order valence-corrected chi connectivity index (χ3v) is 3.94. The van der Waals surface area contributed by atoms with Crippen LogP contribution in [0.15, 0.2) is 42.6 Å². The average molecular weight is 263 g/mol. The van der Waals surface area contributed by atoms with Crippen LogP contribution in [-0.4, -0.2) is 11.5 Å². The second-order valence-corrected chi connectivity index (χ2v) is 5.18. The number of rotatable bonds is 3.